The Bertz CT molecular complexity index is 502. The molecule has 0 spiro atoms. The van der Waals surface area contributed by atoms with Crippen LogP contribution in [0.2, 0.25) is 5.02 Å². The highest BCUT2D eigenvalue weighted by Gasteiger charge is 2.45. The molecule has 1 amide bonds. The van der Waals surface area contributed by atoms with Crippen molar-refractivity contribution in [3.63, 3.8) is 0 Å². The van der Waals surface area contributed by atoms with Gasteiger partial charge in [-0.15, -0.1) is 0 Å². The highest BCUT2D eigenvalue weighted by molar-refractivity contribution is 6.31. The van der Waals surface area contributed by atoms with Gasteiger partial charge in [0.25, 0.3) is 0 Å². The molecule has 2 fully saturated rings. The van der Waals surface area contributed by atoms with Gasteiger partial charge in [0.15, 0.2) is 12.3 Å². The van der Waals surface area contributed by atoms with Crippen molar-refractivity contribution in [3.8, 4) is 0 Å². The van der Waals surface area contributed by atoms with Crippen LogP contribution < -0.4 is 0 Å². The Hall–Kier alpha value is -1.26. The number of amides is 1. The van der Waals surface area contributed by atoms with Crippen molar-refractivity contribution in [2.75, 3.05) is 0 Å². The third kappa shape index (κ3) is 2.38. The number of halogens is 1. The molecule has 2 aliphatic rings. The molecule has 1 aromatic carbocycles. The number of rotatable bonds is 2. The van der Waals surface area contributed by atoms with Crippen LogP contribution in [0.15, 0.2) is 24.3 Å². The maximum Gasteiger partial charge on any atom is 0.413 e. The molecule has 1 aliphatic heterocycles. The highest BCUT2D eigenvalue weighted by Crippen LogP contribution is 2.38. The fraction of sp³-hybridized carbons (Fsp3) is 0.533. The van der Waals surface area contributed by atoms with Crippen molar-refractivity contribution in [2.24, 2.45) is 0 Å². The summed E-state index contributed by atoms with van der Waals surface area (Å²) >= 11 is 6.13. The summed E-state index contributed by atoms with van der Waals surface area (Å²) in [6.45, 7) is 0. The van der Waals surface area contributed by atoms with Gasteiger partial charge in [0.1, 0.15) is 0 Å². The summed E-state index contributed by atoms with van der Waals surface area (Å²) in [6, 6.07) is 7.24. The van der Waals surface area contributed by atoms with Gasteiger partial charge in [0.05, 0.1) is 0 Å². The Balaban J connectivity index is 1.83. The van der Waals surface area contributed by atoms with Crippen LogP contribution in [0.5, 0.6) is 0 Å². The van der Waals surface area contributed by atoms with Crippen molar-refractivity contribution < 1.29 is 14.6 Å². The second-order valence-corrected chi connectivity index (χ2v) is 5.85. The first-order chi connectivity index (χ1) is 9.68. The van der Waals surface area contributed by atoms with Crippen LogP contribution in [0.1, 0.15) is 43.8 Å². The Labute approximate surface area is 123 Å². The molecule has 0 aromatic heterocycles. The summed E-state index contributed by atoms with van der Waals surface area (Å²) in [5, 5.41) is 11.0. The molecule has 4 nitrogen and oxygen atoms in total. The SMILES string of the molecule is O=C1OC(c2ccccc2Cl)C(O)N1C1CCCCC1. The lowest BCUT2D eigenvalue weighted by molar-refractivity contribution is -0.00843. The van der Waals surface area contributed by atoms with E-state index >= 15 is 0 Å². The van der Waals surface area contributed by atoms with E-state index in [-0.39, 0.29) is 6.04 Å². The van der Waals surface area contributed by atoms with E-state index in [1.807, 2.05) is 12.1 Å². The van der Waals surface area contributed by atoms with Crippen LogP contribution >= 0.6 is 11.6 Å². The van der Waals surface area contributed by atoms with Gasteiger partial charge < -0.3 is 9.84 Å². The van der Waals surface area contributed by atoms with Gasteiger partial charge in [0.2, 0.25) is 0 Å². The van der Waals surface area contributed by atoms with Crippen LogP contribution in [-0.2, 0) is 4.74 Å². The summed E-state index contributed by atoms with van der Waals surface area (Å²) < 4.78 is 5.36. The monoisotopic (exact) mass is 295 g/mol. The van der Waals surface area contributed by atoms with Gasteiger partial charge in [-0.2, -0.15) is 0 Å². The minimum Gasteiger partial charge on any atom is -0.436 e. The predicted molar refractivity (Wildman–Crippen MR) is 75.4 cm³/mol. The average molecular weight is 296 g/mol. The fourth-order valence-corrected chi connectivity index (χ4v) is 3.38. The van der Waals surface area contributed by atoms with E-state index in [2.05, 4.69) is 0 Å². The van der Waals surface area contributed by atoms with Crippen molar-refractivity contribution in [3.05, 3.63) is 34.9 Å². The lowest BCUT2D eigenvalue weighted by atomic mass is 9.94. The number of hydrogen-bond acceptors (Lipinski definition) is 3. The number of aliphatic hydroxyl groups excluding tert-OH is 1. The maximum atomic E-state index is 12.1. The number of aliphatic hydroxyl groups is 1. The van der Waals surface area contributed by atoms with Crippen molar-refractivity contribution >= 4 is 17.7 Å². The summed E-state index contributed by atoms with van der Waals surface area (Å²) in [6.07, 6.45) is 3.17. The van der Waals surface area contributed by atoms with Crippen LogP contribution in [0.3, 0.4) is 0 Å². The number of nitrogens with zero attached hydrogens (tertiary/aromatic N) is 1. The first-order valence-corrected chi connectivity index (χ1v) is 7.47. The van der Waals surface area contributed by atoms with E-state index in [1.165, 1.54) is 11.3 Å². The van der Waals surface area contributed by atoms with Gasteiger partial charge in [-0.25, -0.2) is 4.79 Å². The number of hydrogen-bond donors (Lipinski definition) is 1. The van der Waals surface area contributed by atoms with Crippen LogP contribution in [0.25, 0.3) is 0 Å². The first-order valence-electron chi connectivity index (χ1n) is 7.10. The highest BCUT2D eigenvalue weighted by atomic mass is 35.5. The molecular weight excluding hydrogens is 278 g/mol. The first kappa shape index (κ1) is 13.7. The number of cyclic esters (lactones) is 1. The zero-order valence-electron chi connectivity index (χ0n) is 11.2. The Morgan fingerprint density at radius 2 is 1.90 bits per heavy atom. The minimum absolute atomic E-state index is 0.0822. The average Bonchev–Trinajstić information content (AvgIpc) is 2.75. The summed E-state index contributed by atoms with van der Waals surface area (Å²) in [7, 11) is 0. The molecule has 1 aromatic rings. The second kappa shape index (κ2) is 5.62. The molecule has 2 atom stereocenters. The van der Waals surface area contributed by atoms with Gasteiger partial charge >= 0.3 is 6.09 Å². The fourth-order valence-electron chi connectivity index (χ4n) is 3.14. The van der Waals surface area contributed by atoms with Gasteiger partial charge in [-0.3, -0.25) is 4.90 Å². The van der Waals surface area contributed by atoms with Gasteiger partial charge in [0, 0.05) is 16.6 Å². The van der Waals surface area contributed by atoms with Gasteiger partial charge in [-0.1, -0.05) is 49.1 Å². The molecule has 3 rings (SSSR count). The number of ether oxygens (including phenoxy) is 1. The Morgan fingerprint density at radius 1 is 1.20 bits per heavy atom. The number of carbonyl (C=O) groups excluding carboxylic acids is 1. The molecule has 1 saturated heterocycles. The number of carbonyl (C=O) groups is 1. The smallest absolute Gasteiger partial charge is 0.413 e. The molecule has 5 heteroatoms. The summed E-state index contributed by atoms with van der Waals surface area (Å²) in [5.41, 5.74) is 0.660. The Kier molecular flexibility index (Phi) is 3.85. The summed E-state index contributed by atoms with van der Waals surface area (Å²) in [4.78, 5) is 13.6. The van der Waals surface area contributed by atoms with Crippen LogP contribution in [0, 0.1) is 0 Å². The third-order valence-corrected chi connectivity index (χ3v) is 4.52. The molecule has 1 saturated carbocycles. The zero-order chi connectivity index (χ0) is 14.1. The maximum absolute atomic E-state index is 12.1. The molecule has 20 heavy (non-hydrogen) atoms. The molecule has 1 heterocycles. The van der Waals surface area contributed by atoms with E-state index in [9.17, 15) is 9.90 Å². The van der Waals surface area contributed by atoms with E-state index in [0.29, 0.717) is 10.6 Å². The molecule has 2 unspecified atom stereocenters. The molecule has 0 bridgehead atoms. The lowest BCUT2D eigenvalue weighted by Gasteiger charge is -2.31. The van der Waals surface area contributed by atoms with Crippen LogP contribution in [-0.4, -0.2) is 28.4 Å². The summed E-state index contributed by atoms with van der Waals surface area (Å²) in [5.74, 6) is 0. The van der Waals surface area contributed by atoms with E-state index < -0.39 is 18.4 Å². The second-order valence-electron chi connectivity index (χ2n) is 5.44. The molecule has 0 radical (unpaired) electrons. The lowest BCUT2D eigenvalue weighted by Crippen LogP contribution is -2.43. The quantitative estimate of drug-likeness (QED) is 0.908. The number of benzene rings is 1. The normalized spacial score (nSPS) is 27.7. The van der Waals surface area contributed by atoms with Crippen LogP contribution in [0.4, 0.5) is 4.79 Å². The largest absolute Gasteiger partial charge is 0.436 e. The van der Waals surface area contributed by atoms with Crippen molar-refractivity contribution in [2.45, 2.75) is 50.5 Å². The van der Waals surface area contributed by atoms with E-state index in [1.54, 1.807) is 12.1 Å². The molecule has 108 valence electrons. The van der Waals surface area contributed by atoms with E-state index in [0.717, 1.165) is 25.7 Å². The minimum atomic E-state index is -0.953. The standard InChI is InChI=1S/C15H18ClNO3/c16-12-9-5-4-8-11(12)13-14(18)17(15(19)20-13)10-6-2-1-3-7-10/h4-5,8-10,13-14,18H,1-3,6-7H2. The van der Waals surface area contributed by atoms with E-state index in [4.69, 9.17) is 16.3 Å². The van der Waals surface area contributed by atoms with Crippen molar-refractivity contribution in [1.29, 1.82) is 0 Å². The Morgan fingerprint density at radius 3 is 2.60 bits per heavy atom. The zero-order valence-corrected chi connectivity index (χ0v) is 11.9. The molecule has 1 aliphatic carbocycles. The molecular formula is C15H18ClNO3. The predicted octanol–water partition coefficient (Wildman–Crippen LogP) is 3.48. The molecule has 1 N–H and O–H groups in total. The topological polar surface area (TPSA) is 49.8 Å². The van der Waals surface area contributed by atoms with Gasteiger partial charge in [-0.05, 0) is 18.9 Å². The third-order valence-electron chi connectivity index (χ3n) is 4.17. The van der Waals surface area contributed by atoms with Crippen molar-refractivity contribution in [1.82, 2.24) is 4.90 Å².